The molecule has 0 radical (unpaired) electrons. The highest BCUT2D eigenvalue weighted by atomic mass is 79.9. The van der Waals surface area contributed by atoms with Crippen LogP contribution in [-0.2, 0) is 0 Å². The maximum Gasteiger partial charge on any atom is 0.128 e. The van der Waals surface area contributed by atoms with Crippen LogP contribution < -0.4 is 10.2 Å². The van der Waals surface area contributed by atoms with Gasteiger partial charge in [0.15, 0.2) is 0 Å². The lowest BCUT2D eigenvalue weighted by Crippen LogP contribution is -2.33. The molecule has 1 rings (SSSR count). The third-order valence-corrected chi connectivity index (χ3v) is 3.25. The molecular formula is C12H20BrN3. The number of halogens is 1. The van der Waals surface area contributed by atoms with Gasteiger partial charge in [0.25, 0.3) is 0 Å². The molecule has 0 spiro atoms. The number of pyridine rings is 1. The van der Waals surface area contributed by atoms with Gasteiger partial charge in [-0.2, -0.15) is 0 Å². The molecule has 0 unspecified atom stereocenters. The van der Waals surface area contributed by atoms with E-state index in [9.17, 15) is 0 Å². The number of aromatic nitrogens is 1. The fourth-order valence-electron chi connectivity index (χ4n) is 1.37. The molecule has 1 aromatic rings. The molecule has 90 valence electrons. The maximum atomic E-state index is 4.39. The van der Waals surface area contributed by atoms with Gasteiger partial charge in [-0.15, -0.1) is 0 Å². The molecule has 0 aliphatic heterocycles. The SMILES string of the molecule is Cc1cc(N(C)CCNC(C)C)ncc1Br. The first kappa shape index (κ1) is 13.5. The summed E-state index contributed by atoms with van der Waals surface area (Å²) in [6, 6.07) is 2.63. The van der Waals surface area contributed by atoms with E-state index < -0.39 is 0 Å². The van der Waals surface area contributed by atoms with E-state index in [0.717, 1.165) is 23.4 Å². The summed E-state index contributed by atoms with van der Waals surface area (Å²) in [4.78, 5) is 6.55. The molecule has 0 atom stereocenters. The first-order valence-corrected chi connectivity index (χ1v) is 6.36. The van der Waals surface area contributed by atoms with Crippen molar-refractivity contribution in [1.82, 2.24) is 10.3 Å². The summed E-state index contributed by atoms with van der Waals surface area (Å²) in [5.74, 6) is 1.02. The normalized spacial score (nSPS) is 10.9. The van der Waals surface area contributed by atoms with E-state index in [1.165, 1.54) is 5.56 Å². The zero-order valence-corrected chi connectivity index (χ0v) is 12.0. The summed E-state index contributed by atoms with van der Waals surface area (Å²) >= 11 is 3.46. The van der Waals surface area contributed by atoms with Crippen LogP contribution in [0.2, 0.25) is 0 Å². The van der Waals surface area contributed by atoms with E-state index in [-0.39, 0.29) is 0 Å². The first-order valence-electron chi connectivity index (χ1n) is 5.57. The highest BCUT2D eigenvalue weighted by molar-refractivity contribution is 9.10. The first-order chi connectivity index (χ1) is 7.50. The highest BCUT2D eigenvalue weighted by Crippen LogP contribution is 2.18. The van der Waals surface area contributed by atoms with Crippen molar-refractivity contribution < 1.29 is 0 Å². The van der Waals surface area contributed by atoms with Crippen LogP contribution in [0.3, 0.4) is 0 Å². The molecule has 0 amide bonds. The zero-order valence-electron chi connectivity index (χ0n) is 10.4. The van der Waals surface area contributed by atoms with Crippen LogP contribution in [0.4, 0.5) is 5.82 Å². The Morgan fingerprint density at radius 1 is 1.50 bits per heavy atom. The molecule has 1 heterocycles. The number of anilines is 1. The lowest BCUT2D eigenvalue weighted by Gasteiger charge is -2.19. The molecule has 4 heteroatoms. The van der Waals surface area contributed by atoms with Gasteiger partial charge in [0.2, 0.25) is 0 Å². The van der Waals surface area contributed by atoms with Crippen LogP contribution >= 0.6 is 15.9 Å². The van der Waals surface area contributed by atoms with Gasteiger partial charge >= 0.3 is 0 Å². The average molecular weight is 286 g/mol. The fraction of sp³-hybridized carbons (Fsp3) is 0.583. The lowest BCUT2D eigenvalue weighted by molar-refractivity contribution is 0.588. The fourth-order valence-corrected chi connectivity index (χ4v) is 1.59. The third-order valence-electron chi connectivity index (χ3n) is 2.42. The monoisotopic (exact) mass is 285 g/mol. The zero-order chi connectivity index (χ0) is 12.1. The number of aryl methyl sites for hydroxylation is 1. The van der Waals surface area contributed by atoms with Gasteiger partial charge < -0.3 is 10.2 Å². The Kier molecular flexibility index (Phi) is 5.22. The average Bonchev–Trinajstić information content (AvgIpc) is 2.21. The molecule has 0 fully saturated rings. The van der Waals surface area contributed by atoms with Gasteiger partial charge in [0.1, 0.15) is 5.82 Å². The Balaban J connectivity index is 2.52. The Labute approximate surface area is 106 Å². The summed E-state index contributed by atoms with van der Waals surface area (Å²) in [6.45, 7) is 8.33. The Bertz CT molecular complexity index is 339. The summed E-state index contributed by atoms with van der Waals surface area (Å²) in [5, 5.41) is 3.39. The summed E-state index contributed by atoms with van der Waals surface area (Å²) in [7, 11) is 2.07. The van der Waals surface area contributed by atoms with Gasteiger partial charge in [-0.05, 0) is 34.5 Å². The van der Waals surface area contributed by atoms with E-state index in [0.29, 0.717) is 6.04 Å². The molecule has 0 saturated heterocycles. The number of hydrogen-bond donors (Lipinski definition) is 1. The van der Waals surface area contributed by atoms with Crippen LogP contribution in [0.25, 0.3) is 0 Å². The summed E-state index contributed by atoms with van der Waals surface area (Å²) in [5.41, 5.74) is 1.22. The van der Waals surface area contributed by atoms with Crippen molar-refractivity contribution in [3.05, 3.63) is 22.3 Å². The lowest BCUT2D eigenvalue weighted by atomic mass is 10.3. The number of likely N-dealkylation sites (N-methyl/N-ethyl adjacent to an activating group) is 1. The number of rotatable bonds is 5. The minimum absolute atomic E-state index is 0.535. The highest BCUT2D eigenvalue weighted by Gasteiger charge is 2.04. The van der Waals surface area contributed by atoms with Crippen molar-refractivity contribution in [2.75, 3.05) is 25.0 Å². The van der Waals surface area contributed by atoms with E-state index in [2.05, 4.69) is 65.0 Å². The minimum atomic E-state index is 0.535. The molecule has 0 aliphatic rings. The molecule has 16 heavy (non-hydrogen) atoms. The van der Waals surface area contributed by atoms with Crippen LogP contribution in [0.5, 0.6) is 0 Å². The number of hydrogen-bond acceptors (Lipinski definition) is 3. The van der Waals surface area contributed by atoms with Crippen molar-refractivity contribution in [2.45, 2.75) is 26.8 Å². The standard InChI is InChI=1S/C12H20BrN3/c1-9(2)14-5-6-16(4)12-7-10(3)11(13)8-15-12/h7-9,14H,5-6H2,1-4H3. The Morgan fingerprint density at radius 2 is 2.19 bits per heavy atom. The van der Waals surface area contributed by atoms with Gasteiger partial charge in [0.05, 0.1) is 0 Å². The third kappa shape index (κ3) is 4.10. The second-order valence-electron chi connectivity index (χ2n) is 4.32. The van der Waals surface area contributed by atoms with E-state index >= 15 is 0 Å². The van der Waals surface area contributed by atoms with E-state index in [1.807, 2.05) is 6.20 Å². The van der Waals surface area contributed by atoms with Crippen LogP contribution in [0.15, 0.2) is 16.7 Å². The maximum absolute atomic E-state index is 4.39. The molecular weight excluding hydrogens is 266 g/mol. The van der Waals surface area contributed by atoms with Crippen molar-refractivity contribution >= 4 is 21.7 Å². The molecule has 1 N–H and O–H groups in total. The molecule has 0 aromatic carbocycles. The predicted octanol–water partition coefficient (Wildman–Crippen LogP) is 2.59. The summed E-state index contributed by atoms with van der Waals surface area (Å²) < 4.78 is 1.06. The molecule has 0 saturated carbocycles. The van der Waals surface area contributed by atoms with Gasteiger partial charge in [-0.25, -0.2) is 4.98 Å². The topological polar surface area (TPSA) is 28.2 Å². The van der Waals surface area contributed by atoms with Crippen LogP contribution in [0.1, 0.15) is 19.4 Å². The molecule has 0 aliphatic carbocycles. The quantitative estimate of drug-likeness (QED) is 0.901. The minimum Gasteiger partial charge on any atom is -0.358 e. The number of nitrogens with one attached hydrogen (secondary N) is 1. The molecule has 0 bridgehead atoms. The van der Waals surface area contributed by atoms with Gasteiger partial charge in [0, 0.05) is 36.8 Å². The molecule has 3 nitrogen and oxygen atoms in total. The smallest absolute Gasteiger partial charge is 0.128 e. The summed E-state index contributed by atoms with van der Waals surface area (Å²) in [6.07, 6.45) is 1.86. The van der Waals surface area contributed by atoms with Gasteiger partial charge in [-0.1, -0.05) is 13.8 Å². The van der Waals surface area contributed by atoms with Crippen molar-refractivity contribution in [3.8, 4) is 0 Å². The Hall–Kier alpha value is -0.610. The van der Waals surface area contributed by atoms with Gasteiger partial charge in [-0.3, -0.25) is 0 Å². The number of nitrogens with zero attached hydrogens (tertiary/aromatic N) is 2. The second kappa shape index (κ2) is 6.21. The van der Waals surface area contributed by atoms with E-state index in [4.69, 9.17) is 0 Å². The van der Waals surface area contributed by atoms with Crippen molar-refractivity contribution in [2.24, 2.45) is 0 Å². The van der Waals surface area contributed by atoms with E-state index in [1.54, 1.807) is 0 Å². The predicted molar refractivity (Wildman–Crippen MR) is 73.1 cm³/mol. The molecule has 1 aromatic heterocycles. The largest absolute Gasteiger partial charge is 0.358 e. The van der Waals surface area contributed by atoms with Crippen molar-refractivity contribution in [3.63, 3.8) is 0 Å². The Morgan fingerprint density at radius 3 is 2.75 bits per heavy atom. The van der Waals surface area contributed by atoms with Crippen LogP contribution in [-0.4, -0.2) is 31.2 Å². The second-order valence-corrected chi connectivity index (χ2v) is 5.18. The van der Waals surface area contributed by atoms with Crippen molar-refractivity contribution in [1.29, 1.82) is 0 Å². The van der Waals surface area contributed by atoms with Crippen LogP contribution in [0, 0.1) is 6.92 Å².